The highest BCUT2D eigenvalue weighted by atomic mass is 16.1. The Kier molecular flexibility index (Phi) is 5.90. The Morgan fingerprint density at radius 2 is 1.95 bits per heavy atom. The molecule has 5 aromatic rings. The van der Waals surface area contributed by atoms with E-state index >= 15 is 0 Å². The van der Waals surface area contributed by atoms with Crippen molar-refractivity contribution in [3.05, 3.63) is 118 Å². The van der Waals surface area contributed by atoms with E-state index in [4.69, 9.17) is 0 Å². The van der Waals surface area contributed by atoms with Gasteiger partial charge in [0.1, 0.15) is 0 Å². The summed E-state index contributed by atoms with van der Waals surface area (Å²) in [6.07, 6.45) is 4.58. The maximum absolute atomic E-state index is 13.2. The van der Waals surface area contributed by atoms with Gasteiger partial charge in [0.05, 0.1) is 12.2 Å². The van der Waals surface area contributed by atoms with Crippen LogP contribution < -0.4 is 16.2 Å². The molecule has 1 aliphatic rings. The molecular formula is C30H27N5O2. The summed E-state index contributed by atoms with van der Waals surface area (Å²) in [4.78, 5) is 26.2. The Hall–Kier alpha value is -4.49. The standard InChI is InChI=1S/C30H27N5O2/c1-34-28(10-13-32-34)23-6-8-27-22(16-23)11-14-35(30(27)37)19-20-3-2-4-24(15-20)29(36)33-26-7-5-21-9-12-31-18-25(21)17-26/h2-8,10-11,13-17,31H,9,12,18-19H2,1H3,(H,33,36). The molecule has 0 unspecified atom stereocenters. The Bertz CT molecular complexity index is 1700. The monoisotopic (exact) mass is 489 g/mol. The van der Waals surface area contributed by atoms with Crippen molar-refractivity contribution in [3.63, 3.8) is 0 Å². The molecule has 7 nitrogen and oxygen atoms in total. The second-order valence-corrected chi connectivity index (χ2v) is 9.46. The third kappa shape index (κ3) is 4.57. The Morgan fingerprint density at radius 3 is 2.81 bits per heavy atom. The number of nitrogens with one attached hydrogen (secondary N) is 2. The smallest absolute Gasteiger partial charge is 0.258 e. The van der Waals surface area contributed by atoms with Crippen molar-refractivity contribution in [1.82, 2.24) is 19.7 Å². The summed E-state index contributed by atoms with van der Waals surface area (Å²) in [6.45, 7) is 2.18. The minimum Gasteiger partial charge on any atom is -0.322 e. The Labute approximate surface area is 214 Å². The SMILES string of the molecule is Cn1nccc1-c1ccc2c(=O)n(Cc3cccc(C(=O)Nc4ccc5c(c4)CNCC5)c3)ccc2c1. The second kappa shape index (κ2) is 9.52. The van der Waals surface area contributed by atoms with Gasteiger partial charge in [0.2, 0.25) is 0 Å². The first-order chi connectivity index (χ1) is 18.0. The van der Waals surface area contributed by atoms with Gasteiger partial charge in [-0.2, -0.15) is 5.10 Å². The minimum absolute atomic E-state index is 0.0634. The van der Waals surface area contributed by atoms with Crippen LogP contribution in [-0.4, -0.2) is 26.8 Å². The molecule has 0 spiro atoms. The molecule has 6 rings (SSSR count). The maximum atomic E-state index is 13.2. The molecule has 184 valence electrons. The summed E-state index contributed by atoms with van der Waals surface area (Å²) in [6, 6.07) is 23.3. The summed E-state index contributed by atoms with van der Waals surface area (Å²) in [5.74, 6) is -0.167. The van der Waals surface area contributed by atoms with E-state index in [1.165, 1.54) is 11.1 Å². The Balaban J connectivity index is 1.22. The van der Waals surface area contributed by atoms with Gasteiger partial charge in [-0.1, -0.05) is 24.3 Å². The van der Waals surface area contributed by atoms with Crippen LogP contribution >= 0.6 is 0 Å². The molecule has 0 saturated carbocycles. The number of hydrogen-bond acceptors (Lipinski definition) is 4. The fourth-order valence-corrected chi connectivity index (χ4v) is 5.00. The molecule has 3 heterocycles. The van der Waals surface area contributed by atoms with E-state index in [1.54, 1.807) is 16.8 Å². The number of carbonyl (C=O) groups is 1. The summed E-state index contributed by atoms with van der Waals surface area (Å²) in [5, 5.41) is 12.2. The van der Waals surface area contributed by atoms with Crippen molar-refractivity contribution in [1.29, 1.82) is 0 Å². The van der Waals surface area contributed by atoms with E-state index in [0.29, 0.717) is 17.5 Å². The van der Waals surface area contributed by atoms with Crippen LogP contribution in [0.5, 0.6) is 0 Å². The number of hydrogen-bond donors (Lipinski definition) is 2. The number of rotatable bonds is 5. The van der Waals surface area contributed by atoms with Gasteiger partial charge in [-0.3, -0.25) is 14.3 Å². The van der Waals surface area contributed by atoms with Crippen LogP contribution in [0.4, 0.5) is 5.69 Å². The molecule has 37 heavy (non-hydrogen) atoms. The molecular weight excluding hydrogens is 462 g/mol. The van der Waals surface area contributed by atoms with Gasteiger partial charge in [-0.15, -0.1) is 0 Å². The topological polar surface area (TPSA) is 81.0 Å². The van der Waals surface area contributed by atoms with Crippen LogP contribution in [0.3, 0.4) is 0 Å². The van der Waals surface area contributed by atoms with Crippen molar-refractivity contribution in [2.75, 3.05) is 11.9 Å². The lowest BCUT2D eigenvalue weighted by Crippen LogP contribution is -2.23. The fraction of sp³-hybridized carbons (Fsp3) is 0.167. The maximum Gasteiger partial charge on any atom is 0.258 e. The van der Waals surface area contributed by atoms with Crippen LogP contribution in [0, 0.1) is 0 Å². The van der Waals surface area contributed by atoms with Crippen LogP contribution in [0.15, 0.2) is 90.0 Å². The number of anilines is 1. The largest absolute Gasteiger partial charge is 0.322 e. The van der Waals surface area contributed by atoms with Crippen molar-refractivity contribution in [2.24, 2.45) is 7.05 Å². The number of amides is 1. The van der Waals surface area contributed by atoms with E-state index < -0.39 is 0 Å². The van der Waals surface area contributed by atoms with Crippen LogP contribution in [0.1, 0.15) is 27.0 Å². The van der Waals surface area contributed by atoms with Crippen LogP contribution in [-0.2, 0) is 26.6 Å². The van der Waals surface area contributed by atoms with Gasteiger partial charge in [0, 0.05) is 48.2 Å². The molecule has 0 fully saturated rings. The van der Waals surface area contributed by atoms with E-state index in [0.717, 1.165) is 47.4 Å². The van der Waals surface area contributed by atoms with E-state index in [9.17, 15) is 9.59 Å². The molecule has 0 saturated heterocycles. The molecule has 2 N–H and O–H groups in total. The first-order valence-electron chi connectivity index (χ1n) is 12.4. The predicted octanol–water partition coefficient (Wildman–Crippen LogP) is 4.35. The van der Waals surface area contributed by atoms with Gasteiger partial charge in [-0.05, 0) is 83.6 Å². The van der Waals surface area contributed by atoms with Crippen molar-refractivity contribution >= 4 is 22.4 Å². The van der Waals surface area contributed by atoms with Crippen LogP contribution in [0.25, 0.3) is 22.0 Å². The number of pyridine rings is 1. The van der Waals surface area contributed by atoms with Crippen molar-refractivity contribution in [3.8, 4) is 11.3 Å². The van der Waals surface area contributed by atoms with Crippen molar-refractivity contribution in [2.45, 2.75) is 19.5 Å². The fourth-order valence-electron chi connectivity index (χ4n) is 5.00. The number of aromatic nitrogens is 3. The van der Waals surface area contributed by atoms with Crippen molar-refractivity contribution < 1.29 is 4.79 Å². The number of carbonyl (C=O) groups excluding carboxylic acids is 1. The van der Waals surface area contributed by atoms with Gasteiger partial charge in [-0.25, -0.2) is 0 Å². The number of aryl methyl sites for hydroxylation is 1. The summed E-state index contributed by atoms with van der Waals surface area (Å²) in [7, 11) is 1.90. The number of nitrogens with zero attached hydrogens (tertiary/aromatic N) is 3. The molecule has 0 aliphatic carbocycles. The number of benzene rings is 3. The minimum atomic E-state index is -0.167. The van der Waals surface area contributed by atoms with E-state index in [-0.39, 0.29) is 11.5 Å². The zero-order chi connectivity index (χ0) is 25.4. The molecule has 2 aromatic heterocycles. The summed E-state index contributed by atoms with van der Waals surface area (Å²) >= 11 is 0. The highest BCUT2D eigenvalue weighted by Gasteiger charge is 2.13. The van der Waals surface area contributed by atoms with E-state index in [2.05, 4.69) is 21.8 Å². The Morgan fingerprint density at radius 1 is 1.03 bits per heavy atom. The highest BCUT2D eigenvalue weighted by molar-refractivity contribution is 6.04. The van der Waals surface area contributed by atoms with Gasteiger partial charge in [0.25, 0.3) is 11.5 Å². The van der Waals surface area contributed by atoms with Gasteiger partial charge >= 0.3 is 0 Å². The molecule has 1 amide bonds. The average molecular weight is 490 g/mol. The van der Waals surface area contributed by atoms with E-state index in [1.807, 2.05) is 78.6 Å². The lowest BCUT2D eigenvalue weighted by Gasteiger charge is -2.18. The third-order valence-corrected chi connectivity index (χ3v) is 6.99. The average Bonchev–Trinajstić information content (AvgIpc) is 3.36. The zero-order valence-corrected chi connectivity index (χ0v) is 20.6. The van der Waals surface area contributed by atoms with Gasteiger partial charge < -0.3 is 15.2 Å². The molecule has 0 radical (unpaired) electrons. The first kappa shape index (κ1) is 22.9. The quantitative estimate of drug-likeness (QED) is 0.385. The molecule has 1 aliphatic heterocycles. The summed E-state index contributed by atoms with van der Waals surface area (Å²) in [5.41, 5.74) is 6.72. The second-order valence-electron chi connectivity index (χ2n) is 9.46. The first-order valence-corrected chi connectivity index (χ1v) is 12.4. The zero-order valence-electron chi connectivity index (χ0n) is 20.6. The third-order valence-electron chi connectivity index (χ3n) is 6.99. The number of fused-ring (bicyclic) bond motifs is 2. The lowest BCUT2D eigenvalue weighted by atomic mass is 10.0. The molecule has 0 bridgehead atoms. The highest BCUT2D eigenvalue weighted by Crippen LogP contribution is 2.23. The summed E-state index contributed by atoms with van der Waals surface area (Å²) < 4.78 is 3.49. The molecule has 3 aromatic carbocycles. The molecule has 7 heteroatoms. The molecule has 0 atom stereocenters. The lowest BCUT2D eigenvalue weighted by molar-refractivity contribution is 0.102. The van der Waals surface area contributed by atoms with Gasteiger partial charge in [0.15, 0.2) is 0 Å². The normalized spacial score (nSPS) is 12.9. The predicted molar refractivity (Wildman–Crippen MR) is 146 cm³/mol. The van der Waals surface area contributed by atoms with Crippen LogP contribution in [0.2, 0.25) is 0 Å².